The number of nitrogens with zero attached hydrogens (tertiary/aromatic N) is 1. The first-order valence-electron chi connectivity index (χ1n) is 8.00. The molecule has 1 aromatic carbocycles. The van der Waals surface area contributed by atoms with Crippen LogP contribution in [0.4, 0.5) is 5.69 Å². The van der Waals surface area contributed by atoms with Gasteiger partial charge in [0, 0.05) is 17.6 Å². The van der Waals surface area contributed by atoms with Crippen LogP contribution in [0.1, 0.15) is 28.1 Å². The highest BCUT2D eigenvalue weighted by Crippen LogP contribution is 2.32. The quantitative estimate of drug-likeness (QED) is 0.875. The Morgan fingerprint density at radius 1 is 1.40 bits per heavy atom. The van der Waals surface area contributed by atoms with E-state index in [0.29, 0.717) is 34.3 Å². The van der Waals surface area contributed by atoms with Crippen LogP contribution in [0, 0.1) is 6.92 Å². The van der Waals surface area contributed by atoms with Gasteiger partial charge in [-0.15, -0.1) is 11.3 Å². The maximum absolute atomic E-state index is 12.8. The van der Waals surface area contributed by atoms with Gasteiger partial charge in [0.1, 0.15) is 11.8 Å². The highest BCUT2D eigenvalue weighted by atomic mass is 35.5. The fourth-order valence-electron chi connectivity index (χ4n) is 2.97. The van der Waals surface area contributed by atoms with E-state index >= 15 is 0 Å². The first-order chi connectivity index (χ1) is 12.0. The average Bonchev–Trinajstić information content (AvgIpc) is 3.28. The Hall–Kier alpha value is -2.05. The predicted molar refractivity (Wildman–Crippen MR) is 99.7 cm³/mol. The number of thiophene rings is 1. The van der Waals surface area contributed by atoms with E-state index in [2.05, 4.69) is 5.32 Å². The number of likely N-dealkylation sites (tertiary alicyclic amines) is 1. The Bertz CT molecular complexity index is 792. The molecule has 2 aromatic rings. The number of methoxy groups -OCH3 is 1. The number of amides is 2. The number of aryl methyl sites for hydroxylation is 1. The fourth-order valence-corrected chi connectivity index (χ4v) is 3.80. The van der Waals surface area contributed by atoms with E-state index < -0.39 is 6.04 Å². The molecule has 0 unspecified atom stereocenters. The zero-order valence-corrected chi connectivity index (χ0v) is 15.6. The molecule has 0 aliphatic carbocycles. The zero-order chi connectivity index (χ0) is 18.0. The minimum Gasteiger partial charge on any atom is -0.495 e. The number of rotatable bonds is 4. The summed E-state index contributed by atoms with van der Waals surface area (Å²) in [5.41, 5.74) is 1.40. The van der Waals surface area contributed by atoms with Crippen molar-refractivity contribution in [1.82, 2.24) is 4.90 Å². The SMILES string of the molecule is COc1cc(Cl)c(C)cc1NC(=O)[C@@H]1CCCN1C(=O)c1cccs1. The molecular formula is C18H19ClN2O3S. The van der Waals surface area contributed by atoms with Gasteiger partial charge < -0.3 is 15.0 Å². The Morgan fingerprint density at radius 2 is 2.20 bits per heavy atom. The lowest BCUT2D eigenvalue weighted by Gasteiger charge is -2.24. The van der Waals surface area contributed by atoms with Crippen molar-refractivity contribution in [3.63, 3.8) is 0 Å². The molecule has 2 amide bonds. The number of ether oxygens (including phenoxy) is 1. The van der Waals surface area contributed by atoms with Gasteiger partial charge in [-0.1, -0.05) is 17.7 Å². The van der Waals surface area contributed by atoms with Gasteiger partial charge in [-0.05, 0) is 42.8 Å². The molecule has 0 bridgehead atoms. The first kappa shape index (κ1) is 17.8. The zero-order valence-electron chi connectivity index (χ0n) is 14.0. The number of nitrogens with one attached hydrogen (secondary N) is 1. The van der Waals surface area contributed by atoms with Crippen molar-refractivity contribution in [2.75, 3.05) is 19.0 Å². The van der Waals surface area contributed by atoms with Crippen LogP contribution >= 0.6 is 22.9 Å². The molecule has 0 radical (unpaired) electrons. The molecule has 5 nitrogen and oxygen atoms in total. The highest BCUT2D eigenvalue weighted by Gasteiger charge is 2.35. The maximum Gasteiger partial charge on any atom is 0.264 e. The molecule has 1 aromatic heterocycles. The fraction of sp³-hybridized carbons (Fsp3) is 0.333. The summed E-state index contributed by atoms with van der Waals surface area (Å²) in [5.74, 6) is 0.201. The third-order valence-electron chi connectivity index (χ3n) is 4.29. The van der Waals surface area contributed by atoms with Crippen LogP contribution in [0.2, 0.25) is 5.02 Å². The summed E-state index contributed by atoms with van der Waals surface area (Å²) >= 11 is 7.49. The maximum atomic E-state index is 12.8. The van der Waals surface area contributed by atoms with Gasteiger partial charge in [-0.25, -0.2) is 0 Å². The van der Waals surface area contributed by atoms with E-state index in [0.717, 1.165) is 12.0 Å². The van der Waals surface area contributed by atoms with Crippen LogP contribution in [-0.4, -0.2) is 36.4 Å². The number of anilines is 1. The molecule has 1 aliphatic rings. The van der Waals surface area contributed by atoms with Crippen LogP contribution in [0.5, 0.6) is 5.75 Å². The standard InChI is InChI=1S/C18H19ClN2O3S/c1-11-9-13(15(24-2)10-12(11)19)20-17(22)14-5-3-7-21(14)18(23)16-6-4-8-25-16/h4,6,8-10,14H,3,5,7H2,1-2H3,(H,20,22)/t14-/m0/s1. The van der Waals surface area contributed by atoms with Gasteiger partial charge >= 0.3 is 0 Å². The molecule has 2 heterocycles. The third kappa shape index (κ3) is 3.65. The van der Waals surface area contributed by atoms with Crippen molar-refractivity contribution in [3.05, 3.63) is 45.1 Å². The molecule has 1 N–H and O–H groups in total. The summed E-state index contributed by atoms with van der Waals surface area (Å²) < 4.78 is 5.30. The van der Waals surface area contributed by atoms with Crippen molar-refractivity contribution in [2.24, 2.45) is 0 Å². The molecule has 0 saturated carbocycles. The van der Waals surface area contributed by atoms with E-state index in [9.17, 15) is 9.59 Å². The first-order valence-corrected chi connectivity index (χ1v) is 9.26. The van der Waals surface area contributed by atoms with E-state index in [1.807, 2.05) is 18.4 Å². The molecule has 0 spiro atoms. The Kier molecular flexibility index (Phi) is 5.30. The molecule has 7 heteroatoms. The normalized spacial score (nSPS) is 16.8. The second kappa shape index (κ2) is 7.45. The van der Waals surface area contributed by atoms with Crippen LogP contribution in [0.25, 0.3) is 0 Å². The number of carbonyl (C=O) groups excluding carboxylic acids is 2. The Labute approximate surface area is 155 Å². The molecule has 25 heavy (non-hydrogen) atoms. The van der Waals surface area contributed by atoms with Crippen LogP contribution in [-0.2, 0) is 4.79 Å². The largest absolute Gasteiger partial charge is 0.495 e. The molecule has 132 valence electrons. The van der Waals surface area contributed by atoms with Gasteiger partial charge in [0.15, 0.2) is 0 Å². The molecule has 1 aliphatic heterocycles. The smallest absolute Gasteiger partial charge is 0.264 e. The van der Waals surface area contributed by atoms with Gasteiger partial charge in [0.05, 0.1) is 17.7 Å². The third-order valence-corrected chi connectivity index (χ3v) is 5.55. The van der Waals surface area contributed by atoms with Gasteiger partial charge in [-0.3, -0.25) is 9.59 Å². The number of carbonyl (C=O) groups is 2. The predicted octanol–water partition coefficient (Wildman–Crippen LogP) is 3.96. The lowest BCUT2D eigenvalue weighted by atomic mass is 10.1. The van der Waals surface area contributed by atoms with Gasteiger partial charge in [0.25, 0.3) is 5.91 Å². The van der Waals surface area contributed by atoms with E-state index in [1.165, 1.54) is 18.4 Å². The summed E-state index contributed by atoms with van der Waals surface area (Å²) in [6.07, 6.45) is 1.46. The average molecular weight is 379 g/mol. The monoisotopic (exact) mass is 378 g/mol. The Balaban J connectivity index is 1.79. The highest BCUT2D eigenvalue weighted by molar-refractivity contribution is 7.12. The van der Waals surface area contributed by atoms with Crippen molar-refractivity contribution in [1.29, 1.82) is 0 Å². The van der Waals surface area contributed by atoms with Crippen LogP contribution < -0.4 is 10.1 Å². The summed E-state index contributed by atoms with van der Waals surface area (Å²) in [6.45, 7) is 2.45. The van der Waals surface area contributed by atoms with E-state index in [-0.39, 0.29) is 11.8 Å². The van der Waals surface area contributed by atoms with Gasteiger partial charge in [0.2, 0.25) is 5.91 Å². The summed E-state index contributed by atoms with van der Waals surface area (Å²) in [7, 11) is 1.53. The Morgan fingerprint density at radius 3 is 2.88 bits per heavy atom. The van der Waals surface area contributed by atoms with Crippen molar-refractivity contribution >= 4 is 40.4 Å². The van der Waals surface area contributed by atoms with Crippen molar-refractivity contribution in [3.8, 4) is 5.75 Å². The van der Waals surface area contributed by atoms with Gasteiger partial charge in [-0.2, -0.15) is 0 Å². The number of hydrogen-bond acceptors (Lipinski definition) is 4. The van der Waals surface area contributed by atoms with Crippen LogP contribution in [0.15, 0.2) is 29.6 Å². The topological polar surface area (TPSA) is 58.6 Å². The molecule has 1 fully saturated rings. The van der Waals surface area contributed by atoms with Crippen molar-refractivity contribution < 1.29 is 14.3 Å². The summed E-state index contributed by atoms with van der Waals surface area (Å²) in [6, 6.07) is 6.60. The van der Waals surface area contributed by atoms with E-state index in [1.54, 1.807) is 23.1 Å². The molecule has 1 saturated heterocycles. The number of hydrogen-bond donors (Lipinski definition) is 1. The molecule has 3 rings (SSSR count). The van der Waals surface area contributed by atoms with Crippen LogP contribution in [0.3, 0.4) is 0 Å². The summed E-state index contributed by atoms with van der Waals surface area (Å²) in [5, 5.41) is 5.32. The minimum atomic E-state index is -0.477. The van der Waals surface area contributed by atoms with E-state index in [4.69, 9.17) is 16.3 Å². The summed E-state index contributed by atoms with van der Waals surface area (Å²) in [4.78, 5) is 27.7. The van der Waals surface area contributed by atoms with Crippen molar-refractivity contribution in [2.45, 2.75) is 25.8 Å². The minimum absolute atomic E-state index is 0.0908. The number of halogens is 1. The second-order valence-corrected chi connectivity index (χ2v) is 7.28. The number of benzene rings is 1. The molecule has 1 atom stereocenters. The lowest BCUT2D eigenvalue weighted by Crippen LogP contribution is -2.43. The second-order valence-electron chi connectivity index (χ2n) is 5.92. The molecular weight excluding hydrogens is 360 g/mol. The lowest BCUT2D eigenvalue weighted by molar-refractivity contribution is -0.119.